The molecule has 0 unspecified atom stereocenters. The molecular weight excluding hydrogens is 387 g/mol. The zero-order valence-corrected chi connectivity index (χ0v) is 15.1. The van der Waals surface area contributed by atoms with Gasteiger partial charge in [0.2, 0.25) is 0 Å². The van der Waals surface area contributed by atoms with Gasteiger partial charge in [0.05, 0.1) is 5.69 Å². The van der Waals surface area contributed by atoms with Crippen LogP contribution in [0.4, 0.5) is 5.69 Å². The van der Waals surface area contributed by atoms with Crippen molar-refractivity contribution < 1.29 is 10.1 Å². The Morgan fingerprint density at radius 1 is 1.09 bits per heavy atom. The summed E-state index contributed by atoms with van der Waals surface area (Å²) < 4.78 is 1.05. The highest BCUT2D eigenvalue weighted by molar-refractivity contribution is 14.1. The van der Waals surface area contributed by atoms with Gasteiger partial charge in [0.15, 0.2) is 6.54 Å². The van der Waals surface area contributed by atoms with E-state index in [-0.39, 0.29) is 5.91 Å². The molecule has 4 heteroatoms. The predicted molar refractivity (Wildman–Crippen MR) is 98.6 cm³/mol. The fraction of sp³-hybridized carbons (Fsp3) is 0.278. The Kier molecular flexibility index (Phi) is 6.39. The van der Waals surface area contributed by atoms with Crippen molar-refractivity contribution in [1.29, 1.82) is 0 Å². The molecule has 0 spiro atoms. The monoisotopic (exact) mass is 409 g/mol. The highest BCUT2D eigenvalue weighted by Crippen LogP contribution is 2.18. The molecule has 0 heterocycles. The Morgan fingerprint density at radius 3 is 2.36 bits per heavy atom. The highest BCUT2D eigenvalue weighted by atomic mass is 127. The topological polar surface area (TPSA) is 45.7 Å². The number of rotatable bonds is 6. The summed E-state index contributed by atoms with van der Waals surface area (Å²) in [5.41, 5.74) is 2.14. The maximum atomic E-state index is 12.2. The first-order chi connectivity index (χ1) is 10.6. The van der Waals surface area contributed by atoms with E-state index >= 15 is 0 Å². The molecule has 0 aliphatic heterocycles. The second-order valence-electron chi connectivity index (χ2n) is 5.65. The van der Waals surface area contributed by atoms with Crippen LogP contribution in [0.25, 0.3) is 0 Å². The van der Waals surface area contributed by atoms with Crippen molar-refractivity contribution >= 4 is 34.2 Å². The normalized spacial score (nSPS) is 12.2. The van der Waals surface area contributed by atoms with Gasteiger partial charge in [-0.15, -0.1) is 0 Å². The molecule has 0 saturated carbocycles. The molecule has 1 atom stereocenters. The summed E-state index contributed by atoms with van der Waals surface area (Å²) in [7, 11) is 0. The van der Waals surface area contributed by atoms with Crippen LogP contribution in [0, 0.1) is 9.49 Å². The maximum absolute atomic E-state index is 12.2. The fourth-order valence-corrected chi connectivity index (χ4v) is 2.99. The number of carbonyl (C=O) groups excluding carboxylic acids is 1. The standard InChI is InChI=1S/C18H21IN2O/c1-13(2)18(14-8-4-3-5-9-14)20-12-17(22)21-16-11-7-6-10-15(16)19/h3-11,13,18,20H,12H2,1-2H3,(H,21,22)/p+1/t18-/m1/s1. The zero-order chi connectivity index (χ0) is 15.9. The summed E-state index contributed by atoms with van der Waals surface area (Å²) >= 11 is 2.23. The number of para-hydroxylation sites is 1. The summed E-state index contributed by atoms with van der Waals surface area (Å²) in [6.07, 6.45) is 0. The molecule has 116 valence electrons. The number of halogens is 1. The number of amides is 1. The molecule has 2 aromatic carbocycles. The van der Waals surface area contributed by atoms with Crippen molar-refractivity contribution in [2.24, 2.45) is 5.92 Å². The lowest BCUT2D eigenvalue weighted by atomic mass is 9.96. The number of quaternary nitrogens is 1. The maximum Gasteiger partial charge on any atom is 0.279 e. The van der Waals surface area contributed by atoms with Crippen LogP contribution in [0.3, 0.4) is 0 Å². The Hall–Kier alpha value is -1.40. The molecule has 3 nitrogen and oxygen atoms in total. The number of carbonyl (C=O) groups is 1. The van der Waals surface area contributed by atoms with Crippen molar-refractivity contribution in [2.45, 2.75) is 19.9 Å². The number of benzene rings is 2. The quantitative estimate of drug-likeness (QED) is 0.708. The van der Waals surface area contributed by atoms with Crippen LogP contribution in [-0.4, -0.2) is 12.5 Å². The van der Waals surface area contributed by atoms with Crippen molar-refractivity contribution in [3.05, 3.63) is 63.7 Å². The van der Waals surface area contributed by atoms with Crippen LogP contribution in [0.5, 0.6) is 0 Å². The molecule has 0 aliphatic rings. The Morgan fingerprint density at radius 2 is 1.73 bits per heavy atom. The van der Waals surface area contributed by atoms with Crippen LogP contribution in [0.2, 0.25) is 0 Å². The number of anilines is 1. The highest BCUT2D eigenvalue weighted by Gasteiger charge is 2.20. The number of nitrogens with two attached hydrogens (primary N) is 1. The SMILES string of the molecule is CC(C)[C@@H]([NH2+]CC(=O)Nc1ccccc1I)c1ccccc1. The molecule has 0 aliphatic carbocycles. The molecule has 22 heavy (non-hydrogen) atoms. The van der Waals surface area contributed by atoms with Gasteiger partial charge < -0.3 is 10.6 Å². The zero-order valence-electron chi connectivity index (χ0n) is 12.9. The van der Waals surface area contributed by atoms with Crippen molar-refractivity contribution in [3.8, 4) is 0 Å². The van der Waals surface area contributed by atoms with Crippen molar-refractivity contribution in [2.75, 3.05) is 11.9 Å². The van der Waals surface area contributed by atoms with Gasteiger partial charge in [0.25, 0.3) is 5.91 Å². The van der Waals surface area contributed by atoms with Gasteiger partial charge in [-0.2, -0.15) is 0 Å². The second kappa shape index (κ2) is 8.29. The Labute approximate surface area is 145 Å². The van der Waals surface area contributed by atoms with Crippen LogP contribution >= 0.6 is 22.6 Å². The van der Waals surface area contributed by atoms with E-state index in [9.17, 15) is 4.79 Å². The van der Waals surface area contributed by atoms with E-state index in [0.29, 0.717) is 18.5 Å². The minimum absolute atomic E-state index is 0.0331. The van der Waals surface area contributed by atoms with Crippen LogP contribution in [0.15, 0.2) is 54.6 Å². The number of hydrogen-bond donors (Lipinski definition) is 2. The molecule has 0 saturated heterocycles. The number of nitrogens with one attached hydrogen (secondary N) is 1. The molecule has 0 radical (unpaired) electrons. The molecule has 2 aromatic rings. The van der Waals surface area contributed by atoms with E-state index in [2.05, 4.69) is 59.2 Å². The minimum Gasteiger partial charge on any atom is -0.332 e. The van der Waals surface area contributed by atoms with Gasteiger partial charge in [0, 0.05) is 15.1 Å². The molecule has 0 bridgehead atoms. The molecule has 2 rings (SSSR count). The Bertz CT molecular complexity index is 613. The summed E-state index contributed by atoms with van der Waals surface area (Å²) in [5, 5.41) is 5.09. The van der Waals surface area contributed by atoms with Crippen molar-refractivity contribution in [3.63, 3.8) is 0 Å². The Balaban J connectivity index is 1.95. The van der Waals surface area contributed by atoms with E-state index in [1.54, 1.807) is 0 Å². The van der Waals surface area contributed by atoms with Gasteiger partial charge >= 0.3 is 0 Å². The first kappa shape index (κ1) is 17.0. The van der Waals surface area contributed by atoms with Gasteiger partial charge in [-0.25, -0.2) is 0 Å². The fourth-order valence-electron chi connectivity index (χ4n) is 2.47. The third kappa shape index (κ3) is 4.81. The van der Waals surface area contributed by atoms with Crippen LogP contribution in [-0.2, 0) is 4.79 Å². The molecule has 3 N–H and O–H groups in total. The van der Waals surface area contributed by atoms with Gasteiger partial charge in [-0.05, 0) is 34.7 Å². The van der Waals surface area contributed by atoms with Gasteiger partial charge in [-0.1, -0.05) is 56.3 Å². The molecule has 1 amide bonds. The average molecular weight is 409 g/mol. The molecule has 0 fully saturated rings. The predicted octanol–water partition coefficient (Wildman–Crippen LogP) is 3.19. The largest absolute Gasteiger partial charge is 0.332 e. The van der Waals surface area contributed by atoms with E-state index in [1.165, 1.54) is 5.56 Å². The van der Waals surface area contributed by atoms with E-state index in [4.69, 9.17) is 0 Å². The summed E-state index contributed by atoms with van der Waals surface area (Å²) in [6, 6.07) is 18.5. The summed E-state index contributed by atoms with van der Waals surface area (Å²) in [5.74, 6) is 0.498. The van der Waals surface area contributed by atoms with Crippen molar-refractivity contribution in [1.82, 2.24) is 0 Å². The lowest BCUT2D eigenvalue weighted by Crippen LogP contribution is -2.88. The lowest BCUT2D eigenvalue weighted by molar-refractivity contribution is -0.692. The first-order valence-electron chi connectivity index (χ1n) is 7.50. The van der Waals surface area contributed by atoms with Gasteiger partial charge in [-0.3, -0.25) is 4.79 Å². The van der Waals surface area contributed by atoms with Gasteiger partial charge in [0.1, 0.15) is 6.04 Å². The number of hydrogen-bond acceptors (Lipinski definition) is 1. The third-order valence-corrected chi connectivity index (χ3v) is 4.55. The molecular formula is C18H22IN2O+. The van der Waals surface area contributed by atoms with E-state index in [0.717, 1.165) is 9.26 Å². The third-order valence-electron chi connectivity index (χ3n) is 3.61. The summed E-state index contributed by atoms with van der Waals surface area (Å²) in [6.45, 7) is 4.79. The van der Waals surface area contributed by atoms with E-state index < -0.39 is 0 Å². The van der Waals surface area contributed by atoms with Crippen LogP contribution in [0.1, 0.15) is 25.5 Å². The average Bonchev–Trinajstić information content (AvgIpc) is 2.50. The lowest BCUT2D eigenvalue weighted by Gasteiger charge is -2.19. The summed E-state index contributed by atoms with van der Waals surface area (Å²) in [4.78, 5) is 12.2. The first-order valence-corrected chi connectivity index (χ1v) is 8.58. The molecule has 0 aromatic heterocycles. The minimum atomic E-state index is 0.0331. The second-order valence-corrected chi connectivity index (χ2v) is 6.81. The van der Waals surface area contributed by atoms with Crippen LogP contribution < -0.4 is 10.6 Å². The smallest absolute Gasteiger partial charge is 0.279 e. The van der Waals surface area contributed by atoms with E-state index in [1.807, 2.05) is 42.5 Å².